The lowest BCUT2D eigenvalue weighted by Crippen LogP contribution is -2.18. The van der Waals surface area contributed by atoms with Crippen LogP contribution in [0.1, 0.15) is 23.8 Å². The zero-order valence-electron chi connectivity index (χ0n) is 10.3. The molecule has 1 N–H and O–H groups in total. The molecule has 0 fully saturated rings. The number of hydrogen-bond acceptors (Lipinski definition) is 6. The van der Waals surface area contributed by atoms with Gasteiger partial charge in [0.25, 0.3) is 0 Å². The molecule has 94 valence electrons. The highest BCUT2D eigenvalue weighted by Crippen LogP contribution is 2.06. The molecule has 0 bridgehead atoms. The van der Waals surface area contributed by atoms with E-state index >= 15 is 0 Å². The number of nitrogens with zero attached hydrogens (tertiary/aromatic N) is 2. The van der Waals surface area contributed by atoms with E-state index in [9.17, 15) is 4.79 Å². The van der Waals surface area contributed by atoms with E-state index in [1.54, 1.807) is 19.2 Å². The van der Waals surface area contributed by atoms with Crippen molar-refractivity contribution in [3.05, 3.63) is 17.8 Å². The Hall–Kier alpha value is -1.69. The third kappa shape index (κ3) is 4.36. The summed E-state index contributed by atoms with van der Waals surface area (Å²) in [5.41, 5.74) is 0.197. The van der Waals surface area contributed by atoms with Gasteiger partial charge in [-0.2, -0.15) is 0 Å². The maximum Gasteiger partial charge on any atom is 0.358 e. The minimum absolute atomic E-state index is 0.197. The van der Waals surface area contributed by atoms with E-state index in [-0.39, 0.29) is 11.7 Å². The van der Waals surface area contributed by atoms with Crippen molar-refractivity contribution in [1.82, 2.24) is 10.2 Å². The summed E-state index contributed by atoms with van der Waals surface area (Å²) in [4.78, 5) is 11.1. The number of anilines is 1. The van der Waals surface area contributed by atoms with Crippen LogP contribution in [0, 0.1) is 0 Å². The molecule has 0 saturated carbocycles. The number of carbonyl (C=O) groups excluding carboxylic acids is 1. The SMILES string of the molecule is COCCC(C)Nc1ccc(C(=O)OC)nn1. The number of methoxy groups -OCH3 is 2. The Balaban J connectivity index is 2.53. The molecule has 0 saturated heterocycles. The molecule has 17 heavy (non-hydrogen) atoms. The summed E-state index contributed by atoms with van der Waals surface area (Å²) in [7, 11) is 2.97. The minimum Gasteiger partial charge on any atom is -0.464 e. The molecule has 1 rings (SSSR count). The average Bonchev–Trinajstić information content (AvgIpc) is 2.36. The highest BCUT2D eigenvalue weighted by Gasteiger charge is 2.08. The number of hydrogen-bond donors (Lipinski definition) is 1. The van der Waals surface area contributed by atoms with Crippen molar-refractivity contribution >= 4 is 11.8 Å². The van der Waals surface area contributed by atoms with Crippen molar-refractivity contribution < 1.29 is 14.3 Å². The number of aromatic nitrogens is 2. The van der Waals surface area contributed by atoms with Crippen LogP contribution >= 0.6 is 0 Å². The van der Waals surface area contributed by atoms with Crippen LogP contribution in [0.5, 0.6) is 0 Å². The van der Waals surface area contributed by atoms with E-state index in [1.165, 1.54) is 7.11 Å². The maximum absolute atomic E-state index is 11.1. The van der Waals surface area contributed by atoms with Crippen LogP contribution in [0.15, 0.2) is 12.1 Å². The third-order valence-electron chi connectivity index (χ3n) is 2.21. The lowest BCUT2D eigenvalue weighted by Gasteiger charge is -2.13. The summed E-state index contributed by atoms with van der Waals surface area (Å²) < 4.78 is 9.51. The van der Waals surface area contributed by atoms with Gasteiger partial charge in [0.05, 0.1) is 7.11 Å². The van der Waals surface area contributed by atoms with Gasteiger partial charge in [-0.25, -0.2) is 4.79 Å². The van der Waals surface area contributed by atoms with Crippen molar-refractivity contribution in [3.63, 3.8) is 0 Å². The van der Waals surface area contributed by atoms with Gasteiger partial charge in [0.1, 0.15) is 5.82 Å². The Morgan fingerprint density at radius 3 is 2.71 bits per heavy atom. The van der Waals surface area contributed by atoms with Crippen molar-refractivity contribution in [2.24, 2.45) is 0 Å². The van der Waals surface area contributed by atoms with Crippen LogP contribution < -0.4 is 5.32 Å². The number of esters is 1. The summed E-state index contributed by atoms with van der Waals surface area (Å²) in [6.07, 6.45) is 0.872. The van der Waals surface area contributed by atoms with Crippen molar-refractivity contribution in [3.8, 4) is 0 Å². The molecule has 0 spiro atoms. The van der Waals surface area contributed by atoms with Gasteiger partial charge >= 0.3 is 5.97 Å². The largest absolute Gasteiger partial charge is 0.464 e. The molecule has 0 amide bonds. The molecule has 1 aromatic heterocycles. The van der Waals surface area contributed by atoms with Crippen LogP contribution in [-0.2, 0) is 9.47 Å². The van der Waals surface area contributed by atoms with Gasteiger partial charge in [0.2, 0.25) is 0 Å². The van der Waals surface area contributed by atoms with Crippen LogP contribution in [-0.4, -0.2) is 43.0 Å². The van der Waals surface area contributed by atoms with E-state index in [0.29, 0.717) is 12.4 Å². The first-order valence-electron chi connectivity index (χ1n) is 5.35. The normalized spacial score (nSPS) is 11.9. The molecule has 0 aliphatic heterocycles. The van der Waals surface area contributed by atoms with E-state index in [1.807, 2.05) is 6.92 Å². The first kappa shape index (κ1) is 13.4. The molecule has 0 radical (unpaired) electrons. The summed E-state index contributed by atoms with van der Waals surface area (Å²) >= 11 is 0. The molecular formula is C11H17N3O3. The number of ether oxygens (including phenoxy) is 2. The predicted molar refractivity (Wildman–Crippen MR) is 62.9 cm³/mol. The molecule has 0 aliphatic carbocycles. The summed E-state index contributed by atoms with van der Waals surface area (Å²) in [5.74, 6) is 0.137. The van der Waals surface area contributed by atoms with Gasteiger partial charge in [-0.1, -0.05) is 0 Å². The molecule has 6 nitrogen and oxygen atoms in total. The molecule has 6 heteroatoms. The second kappa shape index (κ2) is 6.80. The Bertz CT molecular complexity index is 353. The van der Waals surface area contributed by atoms with Crippen molar-refractivity contribution in [2.45, 2.75) is 19.4 Å². The third-order valence-corrected chi connectivity index (χ3v) is 2.21. The molecule has 1 atom stereocenters. The number of rotatable bonds is 6. The lowest BCUT2D eigenvalue weighted by atomic mass is 10.2. The van der Waals surface area contributed by atoms with Crippen LogP contribution in [0.2, 0.25) is 0 Å². The van der Waals surface area contributed by atoms with Gasteiger partial charge in [0, 0.05) is 19.8 Å². The second-order valence-electron chi connectivity index (χ2n) is 3.62. The Morgan fingerprint density at radius 2 is 2.18 bits per heavy atom. The van der Waals surface area contributed by atoms with Gasteiger partial charge < -0.3 is 14.8 Å². The molecule has 0 aromatic carbocycles. The smallest absolute Gasteiger partial charge is 0.358 e. The first-order chi connectivity index (χ1) is 8.17. The van der Waals surface area contributed by atoms with Gasteiger partial charge in [-0.15, -0.1) is 10.2 Å². The highest BCUT2D eigenvalue weighted by atomic mass is 16.5. The van der Waals surface area contributed by atoms with Crippen LogP contribution in [0.25, 0.3) is 0 Å². The summed E-state index contributed by atoms with van der Waals surface area (Å²) in [5, 5.41) is 10.8. The fourth-order valence-corrected chi connectivity index (χ4v) is 1.24. The Kier molecular flexibility index (Phi) is 5.35. The second-order valence-corrected chi connectivity index (χ2v) is 3.62. The Morgan fingerprint density at radius 1 is 1.41 bits per heavy atom. The topological polar surface area (TPSA) is 73.3 Å². The van der Waals surface area contributed by atoms with E-state index in [2.05, 4.69) is 20.3 Å². The standard InChI is InChI=1S/C11H17N3O3/c1-8(6-7-16-2)12-10-5-4-9(13-14-10)11(15)17-3/h4-5,8H,6-7H2,1-3H3,(H,12,14). The van der Waals surface area contributed by atoms with Gasteiger partial charge in [0.15, 0.2) is 5.69 Å². The monoisotopic (exact) mass is 239 g/mol. The van der Waals surface area contributed by atoms with Crippen molar-refractivity contribution in [1.29, 1.82) is 0 Å². The molecule has 1 aromatic rings. The molecule has 1 heterocycles. The van der Waals surface area contributed by atoms with E-state index in [0.717, 1.165) is 6.42 Å². The van der Waals surface area contributed by atoms with Crippen LogP contribution in [0.4, 0.5) is 5.82 Å². The fraction of sp³-hybridized carbons (Fsp3) is 0.545. The molecular weight excluding hydrogens is 222 g/mol. The molecule has 0 aliphatic rings. The zero-order valence-corrected chi connectivity index (χ0v) is 10.3. The van der Waals surface area contributed by atoms with E-state index < -0.39 is 5.97 Å². The quantitative estimate of drug-likeness (QED) is 0.749. The summed E-state index contributed by atoms with van der Waals surface area (Å²) in [6, 6.07) is 3.50. The van der Waals surface area contributed by atoms with E-state index in [4.69, 9.17) is 4.74 Å². The van der Waals surface area contributed by atoms with Gasteiger partial charge in [-0.05, 0) is 25.5 Å². The highest BCUT2D eigenvalue weighted by molar-refractivity contribution is 5.86. The number of nitrogens with one attached hydrogen (secondary N) is 1. The predicted octanol–water partition coefficient (Wildman–Crippen LogP) is 1.10. The number of carbonyl (C=O) groups is 1. The maximum atomic E-state index is 11.1. The van der Waals surface area contributed by atoms with Crippen LogP contribution in [0.3, 0.4) is 0 Å². The average molecular weight is 239 g/mol. The van der Waals surface area contributed by atoms with Gasteiger partial charge in [-0.3, -0.25) is 0 Å². The Labute approximate surface area is 100 Å². The lowest BCUT2D eigenvalue weighted by molar-refractivity contribution is 0.0593. The fourth-order valence-electron chi connectivity index (χ4n) is 1.24. The minimum atomic E-state index is -0.489. The summed E-state index contributed by atoms with van der Waals surface area (Å²) in [6.45, 7) is 2.71. The molecule has 1 unspecified atom stereocenters. The zero-order chi connectivity index (χ0) is 12.7. The van der Waals surface area contributed by atoms with Crippen molar-refractivity contribution in [2.75, 3.05) is 26.1 Å². The first-order valence-corrected chi connectivity index (χ1v) is 5.35.